The van der Waals surface area contributed by atoms with E-state index in [9.17, 15) is 19.7 Å². The molecule has 0 saturated carbocycles. The van der Waals surface area contributed by atoms with E-state index in [1.54, 1.807) is 30.6 Å². The van der Waals surface area contributed by atoms with E-state index >= 15 is 0 Å². The van der Waals surface area contributed by atoms with Crippen LogP contribution in [0.3, 0.4) is 0 Å². The molecular weight excluding hydrogens is 321 g/mol. The lowest BCUT2D eigenvalue weighted by molar-refractivity contribution is -0.0790. The average Bonchev–Trinajstić information content (AvgIpc) is 2.57. The molecule has 1 aliphatic rings. The molecule has 3 N–H and O–H groups in total. The van der Waals surface area contributed by atoms with Gasteiger partial charge < -0.3 is 20.1 Å². The topological polar surface area (TPSA) is 82.8 Å². The third kappa shape index (κ3) is 3.48. The highest BCUT2D eigenvalue weighted by Crippen LogP contribution is 2.32. The standard InChI is InChI=1S/C16H16FNO4S/c17-11-7-10(9-3-5-18-6-4-9)1-2-13(11)22-16-15(21)14(20)12(19)8-23-16/h1-7,12,14-16,19-21H,8H2/t12-,14+,15-,16-/m1/s1. The third-order valence-corrected chi connectivity index (χ3v) is 4.88. The van der Waals surface area contributed by atoms with Crippen LogP contribution in [0.4, 0.5) is 4.39 Å². The largest absolute Gasteiger partial charge is 0.474 e. The molecule has 122 valence electrons. The Hall–Kier alpha value is -1.67. The molecule has 23 heavy (non-hydrogen) atoms. The monoisotopic (exact) mass is 337 g/mol. The Morgan fingerprint density at radius 3 is 2.48 bits per heavy atom. The molecule has 0 aliphatic carbocycles. The van der Waals surface area contributed by atoms with Gasteiger partial charge in [0.25, 0.3) is 0 Å². The molecule has 0 bridgehead atoms. The SMILES string of the molecule is O[C@@H]1[C@@H](O)[C@H](Oc2ccc(-c3ccncc3)cc2F)SC[C@H]1O. The van der Waals surface area contributed by atoms with E-state index in [4.69, 9.17) is 4.74 Å². The Balaban J connectivity index is 1.77. The van der Waals surface area contributed by atoms with Gasteiger partial charge in [-0.2, -0.15) is 0 Å². The molecule has 0 spiro atoms. The summed E-state index contributed by atoms with van der Waals surface area (Å²) >= 11 is 1.13. The van der Waals surface area contributed by atoms with E-state index in [0.29, 0.717) is 5.56 Å². The van der Waals surface area contributed by atoms with Crippen LogP contribution < -0.4 is 4.74 Å². The van der Waals surface area contributed by atoms with E-state index in [1.165, 1.54) is 12.1 Å². The highest BCUT2D eigenvalue weighted by Gasteiger charge is 2.38. The van der Waals surface area contributed by atoms with Gasteiger partial charge in [-0.1, -0.05) is 6.07 Å². The molecule has 0 amide bonds. The van der Waals surface area contributed by atoms with E-state index in [2.05, 4.69) is 4.98 Å². The van der Waals surface area contributed by atoms with Crippen LogP contribution in [0.5, 0.6) is 5.75 Å². The third-order valence-electron chi connectivity index (χ3n) is 3.64. The van der Waals surface area contributed by atoms with E-state index in [0.717, 1.165) is 17.3 Å². The van der Waals surface area contributed by atoms with Gasteiger partial charge in [0, 0.05) is 18.1 Å². The number of hydrogen-bond acceptors (Lipinski definition) is 6. The number of benzene rings is 1. The Morgan fingerprint density at radius 1 is 1.04 bits per heavy atom. The number of rotatable bonds is 3. The minimum absolute atomic E-state index is 0.0112. The second-order valence-corrected chi connectivity index (χ2v) is 6.38. The van der Waals surface area contributed by atoms with Crippen LogP contribution in [-0.2, 0) is 0 Å². The van der Waals surface area contributed by atoms with Gasteiger partial charge >= 0.3 is 0 Å². The zero-order chi connectivity index (χ0) is 16.4. The van der Waals surface area contributed by atoms with Crippen molar-refractivity contribution in [1.29, 1.82) is 0 Å². The van der Waals surface area contributed by atoms with Gasteiger partial charge in [0.2, 0.25) is 0 Å². The summed E-state index contributed by atoms with van der Waals surface area (Å²) in [5.74, 6) is -0.366. The summed E-state index contributed by atoms with van der Waals surface area (Å²) in [6, 6.07) is 8.08. The van der Waals surface area contributed by atoms with Crippen molar-refractivity contribution >= 4 is 11.8 Å². The van der Waals surface area contributed by atoms with Crippen molar-refractivity contribution in [1.82, 2.24) is 4.98 Å². The minimum Gasteiger partial charge on any atom is -0.474 e. The number of ether oxygens (including phenoxy) is 1. The lowest BCUT2D eigenvalue weighted by Gasteiger charge is -2.34. The maximum absolute atomic E-state index is 14.2. The molecule has 0 unspecified atom stereocenters. The van der Waals surface area contributed by atoms with Crippen LogP contribution >= 0.6 is 11.8 Å². The Labute approximate surface area is 136 Å². The molecule has 1 aromatic carbocycles. The predicted molar refractivity (Wildman–Crippen MR) is 84.5 cm³/mol. The molecule has 1 aromatic heterocycles. The number of aromatic nitrogens is 1. The quantitative estimate of drug-likeness (QED) is 0.786. The van der Waals surface area contributed by atoms with E-state index in [1.807, 2.05) is 0 Å². The van der Waals surface area contributed by atoms with Gasteiger partial charge in [-0.05, 0) is 35.4 Å². The number of aliphatic hydroxyl groups is 3. The number of aliphatic hydroxyl groups excluding tert-OH is 3. The Bertz CT molecular complexity index is 672. The minimum atomic E-state index is -1.31. The van der Waals surface area contributed by atoms with Gasteiger partial charge in [-0.15, -0.1) is 11.8 Å². The summed E-state index contributed by atoms with van der Waals surface area (Å²) < 4.78 is 19.7. The molecule has 5 nitrogen and oxygen atoms in total. The van der Waals surface area contributed by atoms with Gasteiger partial charge in [0.1, 0.15) is 12.2 Å². The van der Waals surface area contributed by atoms with E-state index in [-0.39, 0.29) is 11.5 Å². The summed E-state index contributed by atoms with van der Waals surface area (Å²) in [6.45, 7) is 0. The van der Waals surface area contributed by atoms with Gasteiger partial charge in [-0.3, -0.25) is 4.98 Å². The first-order chi connectivity index (χ1) is 11.1. The molecular formula is C16H16FNO4S. The molecule has 1 saturated heterocycles. The first kappa shape index (κ1) is 16.2. The van der Waals surface area contributed by atoms with Crippen molar-refractivity contribution in [3.63, 3.8) is 0 Å². The Morgan fingerprint density at radius 2 is 1.78 bits per heavy atom. The van der Waals surface area contributed by atoms with Gasteiger partial charge in [-0.25, -0.2) is 4.39 Å². The highest BCUT2D eigenvalue weighted by molar-refractivity contribution is 7.99. The molecule has 0 radical (unpaired) electrons. The lowest BCUT2D eigenvalue weighted by Crippen LogP contribution is -2.50. The molecule has 1 aliphatic heterocycles. The fourth-order valence-corrected chi connectivity index (χ4v) is 3.44. The maximum atomic E-state index is 14.2. The smallest absolute Gasteiger partial charge is 0.173 e. The first-order valence-corrected chi connectivity index (χ1v) is 8.13. The summed E-state index contributed by atoms with van der Waals surface area (Å²) in [4.78, 5) is 3.92. The van der Waals surface area contributed by atoms with Crippen molar-refractivity contribution in [3.8, 4) is 16.9 Å². The van der Waals surface area contributed by atoms with Crippen LogP contribution in [0.15, 0.2) is 42.7 Å². The fourth-order valence-electron chi connectivity index (χ4n) is 2.33. The molecule has 2 aromatic rings. The van der Waals surface area contributed by atoms with Crippen LogP contribution in [0, 0.1) is 5.82 Å². The van der Waals surface area contributed by atoms with Crippen LogP contribution in [0.1, 0.15) is 0 Å². The zero-order valence-electron chi connectivity index (χ0n) is 12.0. The van der Waals surface area contributed by atoms with Crippen molar-refractivity contribution in [3.05, 3.63) is 48.5 Å². The highest BCUT2D eigenvalue weighted by atomic mass is 32.2. The summed E-state index contributed by atoms with van der Waals surface area (Å²) in [7, 11) is 0. The number of hydrogen-bond donors (Lipinski definition) is 3. The molecule has 7 heteroatoms. The van der Waals surface area contributed by atoms with Crippen molar-refractivity contribution in [2.24, 2.45) is 0 Å². The van der Waals surface area contributed by atoms with Crippen molar-refractivity contribution < 1.29 is 24.4 Å². The Kier molecular flexibility index (Phi) is 4.82. The molecule has 1 fully saturated rings. The predicted octanol–water partition coefficient (Wildman–Crippen LogP) is 1.42. The average molecular weight is 337 g/mol. The second kappa shape index (κ2) is 6.84. The van der Waals surface area contributed by atoms with Crippen molar-refractivity contribution in [2.75, 3.05) is 5.75 Å². The number of thioether (sulfide) groups is 1. The molecule has 3 rings (SSSR count). The second-order valence-electron chi connectivity index (χ2n) is 5.25. The fraction of sp³-hybridized carbons (Fsp3) is 0.312. The number of pyridine rings is 1. The van der Waals surface area contributed by atoms with Crippen molar-refractivity contribution in [2.45, 2.75) is 23.7 Å². The van der Waals surface area contributed by atoms with Crippen LogP contribution in [0.25, 0.3) is 11.1 Å². The van der Waals surface area contributed by atoms with Crippen LogP contribution in [-0.4, -0.2) is 49.8 Å². The summed E-state index contributed by atoms with van der Waals surface area (Å²) in [6.07, 6.45) is -0.365. The van der Waals surface area contributed by atoms with E-state index < -0.39 is 29.6 Å². The number of nitrogens with zero attached hydrogens (tertiary/aromatic N) is 1. The molecule has 4 atom stereocenters. The number of halogens is 1. The zero-order valence-corrected chi connectivity index (χ0v) is 12.9. The first-order valence-electron chi connectivity index (χ1n) is 7.08. The maximum Gasteiger partial charge on any atom is 0.173 e. The van der Waals surface area contributed by atoms with Gasteiger partial charge in [0.15, 0.2) is 17.0 Å². The summed E-state index contributed by atoms with van der Waals surface area (Å²) in [5, 5.41) is 29.1. The molecule has 2 heterocycles. The van der Waals surface area contributed by atoms with Crippen LogP contribution in [0.2, 0.25) is 0 Å². The summed E-state index contributed by atoms with van der Waals surface area (Å²) in [5.41, 5.74) is 0.676. The van der Waals surface area contributed by atoms with Gasteiger partial charge in [0.05, 0.1) is 6.10 Å². The normalized spacial score (nSPS) is 27.7. The lowest BCUT2D eigenvalue weighted by atomic mass is 10.1.